The van der Waals surface area contributed by atoms with Crippen LogP contribution in [0.1, 0.15) is 0 Å². The summed E-state index contributed by atoms with van der Waals surface area (Å²) in [5.41, 5.74) is 0. The third-order valence-electron chi connectivity index (χ3n) is 2.18. The Balaban J connectivity index is 2.91. The minimum Gasteiger partial charge on any atom is -0.508 e. The Morgan fingerprint density at radius 1 is 1.20 bits per heavy atom. The Morgan fingerprint density at radius 3 is 2.60 bits per heavy atom. The molecular formula is C11H8F2OS. The van der Waals surface area contributed by atoms with Crippen LogP contribution in [0.15, 0.2) is 29.2 Å². The molecule has 4 heteroatoms. The van der Waals surface area contributed by atoms with Crippen LogP contribution in [0.3, 0.4) is 0 Å². The van der Waals surface area contributed by atoms with Crippen molar-refractivity contribution in [3.05, 3.63) is 35.9 Å². The van der Waals surface area contributed by atoms with E-state index in [0.717, 1.165) is 6.07 Å². The second-order valence-electron chi connectivity index (χ2n) is 3.11. The number of halogens is 2. The van der Waals surface area contributed by atoms with Crippen LogP contribution < -0.4 is 0 Å². The molecule has 0 aliphatic rings. The van der Waals surface area contributed by atoms with Crippen LogP contribution in [0.2, 0.25) is 0 Å². The van der Waals surface area contributed by atoms with Gasteiger partial charge in [-0.2, -0.15) is 0 Å². The Bertz CT molecular complexity index is 525. The predicted octanol–water partition coefficient (Wildman–Crippen LogP) is 3.55. The first kappa shape index (κ1) is 10.2. The van der Waals surface area contributed by atoms with Gasteiger partial charge in [0.2, 0.25) is 0 Å². The highest BCUT2D eigenvalue weighted by Crippen LogP contribution is 2.33. The number of phenols is 1. The fourth-order valence-corrected chi connectivity index (χ4v) is 2.15. The van der Waals surface area contributed by atoms with Crippen LogP contribution in [-0.4, -0.2) is 11.4 Å². The topological polar surface area (TPSA) is 20.2 Å². The lowest BCUT2D eigenvalue weighted by Gasteiger charge is -2.06. The molecule has 2 aromatic carbocycles. The molecule has 0 radical (unpaired) electrons. The van der Waals surface area contributed by atoms with Gasteiger partial charge in [0, 0.05) is 10.3 Å². The highest BCUT2D eigenvalue weighted by atomic mass is 32.2. The average Bonchev–Trinajstić information content (AvgIpc) is 2.22. The maximum atomic E-state index is 13.5. The number of rotatable bonds is 1. The molecule has 0 aromatic heterocycles. The van der Waals surface area contributed by atoms with E-state index in [1.54, 1.807) is 6.26 Å². The zero-order chi connectivity index (χ0) is 11.0. The highest BCUT2D eigenvalue weighted by molar-refractivity contribution is 7.98. The molecule has 0 unspecified atom stereocenters. The van der Waals surface area contributed by atoms with Gasteiger partial charge in [-0.3, -0.25) is 0 Å². The van der Waals surface area contributed by atoms with E-state index in [1.807, 2.05) is 0 Å². The van der Waals surface area contributed by atoms with E-state index in [2.05, 4.69) is 0 Å². The predicted molar refractivity (Wildman–Crippen MR) is 57.3 cm³/mol. The minimum atomic E-state index is -0.872. The number of aromatic hydroxyl groups is 1. The van der Waals surface area contributed by atoms with E-state index in [9.17, 15) is 13.9 Å². The molecule has 2 rings (SSSR count). The molecule has 0 heterocycles. The lowest BCUT2D eigenvalue weighted by atomic mass is 10.1. The third kappa shape index (κ3) is 1.65. The lowest BCUT2D eigenvalue weighted by molar-refractivity contribution is 0.474. The summed E-state index contributed by atoms with van der Waals surface area (Å²) in [5.74, 6) is -1.68. The first-order chi connectivity index (χ1) is 7.13. The van der Waals surface area contributed by atoms with Gasteiger partial charge in [-0.05, 0) is 29.8 Å². The van der Waals surface area contributed by atoms with Gasteiger partial charge in [-0.25, -0.2) is 8.78 Å². The molecule has 0 aliphatic heterocycles. The smallest absolute Gasteiger partial charge is 0.167 e. The number of benzene rings is 2. The number of thioether (sulfide) groups is 1. The van der Waals surface area contributed by atoms with Crippen LogP contribution in [0.4, 0.5) is 8.78 Å². The molecule has 0 spiro atoms. The first-order valence-corrected chi connectivity index (χ1v) is 5.50. The largest absolute Gasteiger partial charge is 0.508 e. The summed E-state index contributed by atoms with van der Waals surface area (Å²) in [4.78, 5) is 0.530. The zero-order valence-corrected chi connectivity index (χ0v) is 8.74. The van der Waals surface area contributed by atoms with Crippen molar-refractivity contribution in [2.75, 3.05) is 6.26 Å². The van der Waals surface area contributed by atoms with Crippen molar-refractivity contribution >= 4 is 22.5 Å². The van der Waals surface area contributed by atoms with Gasteiger partial charge in [0.05, 0.1) is 0 Å². The number of hydrogen-bond acceptors (Lipinski definition) is 2. The Labute approximate surface area is 89.7 Å². The minimum absolute atomic E-state index is 0.0536. The summed E-state index contributed by atoms with van der Waals surface area (Å²) in [7, 11) is 0. The second kappa shape index (κ2) is 3.70. The molecule has 0 saturated heterocycles. The molecule has 0 atom stereocenters. The van der Waals surface area contributed by atoms with E-state index in [1.165, 1.54) is 30.0 Å². The van der Waals surface area contributed by atoms with Gasteiger partial charge in [-0.15, -0.1) is 11.8 Å². The summed E-state index contributed by atoms with van der Waals surface area (Å²) in [5, 5.41) is 10.1. The number of hydrogen-bond donors (Lipinski definition) is 1. The molecule has 2 aromatic rings. The molecule has 0 amide bonds. The van der Waals surface area contributed by atoms with Crippen LogP contribution in [0.5, 0.6) is 5.75 Å². The summed E-state index contributed by atoms with van der Waals surface area (Å²) in [6.45, 7) is 0. The van der Waals surface area contributed by atoms with Crippen molar-refractivity contribution in [3.8, 4) is 5.75 Å². The maximum absolute atomic E-state index is 13.5. The van der Waals surface area contributed by atoms with Gasteiger partial charge >= 0.3 is 0 Å². The highest BCUT2D eigenvalue weighted by Gasteiger charge is 2.11. The van der Waals surface area contributed by atoms with E-state index in [-0.39, 0.29) is 11.1 Å². The number of phenolic OH excluding ortho intramolecular Hbond substituents is 1. The average molecular weight is 226 g/mol. The van der Waals surface area contributed by atoms with Crippen molar-refractivity contribution in [2.24, 2.45) is 0 Å². The van der Waals surface area contributed by atoms with E-state index in [4.69, 9.17) is 0 Å². The molecule has 78 valence electrons. The Morgan fingerprint density at radius 2 is 1.93 bits per heavy atom. The Hall–Kier alpha value is -1.29. The van der Waals surface area contributed by atoms with Gasteiger partial charge in [0.15, 0.2) is 11.6 Å². The van der Waals surface area contributed by atoms with Crippen LogP contribution in [0.25, 0.3) is 10.8 Å². The molecule has 1 N–H and O–H groups in total. The summed E-state index contributed by atoms with van der Waals surface area (Å²) >= 11 is 1.27. The summed E-state index contributed by atoms with van der Waals surface area (Å²) < 4.78 is 26.5. The Kier molecular flexibility index (Phi) is 2.52. The molecule has 0 saturated carbocycles. The first-order valence-electron chi connectivity index (χ1n) is 4.28. The van der Waals surface area contributed by atoms with Crippen molar-refractivity contribution < 1.29 is 13.9 Å². The molecule has 0 aliphatic carbocycles. The van der Waals surface area contributed by atoms with Crippen molar-refractivity contribution in [2.45, 2.75) is 4.90 Å². The molecular weight excluding hydrogens is 218 g/mol. The van der Waals surface area contributed by atoms with Gasteiger partial charge in [0.25, 0.3) is 0 Å². The van der Waals surface area contributed by atoms with Crippen LogP contribution in [-0.2, 0) is 0 Å². The lowest BCUT2D eigenvalue weighted by Crippen LogP contribution is -1.88. The van der Waals surface area contributed by atoms with Crippen LogP contribution >= 0.6 is 11.8 Å². The van der Waals surface area contributed by atoms with Crippen molar-refractivity contribution in [1.29, 1.82) is 0 Å². The monoisotopic (exact) mass is 226 g/mol. The molecule has 15 heavy (non-hydrogen) atoms. The fraction of sp³-hybridized carbons (Fsp3) is 0.0909. The van der Waals surface area contributed by atoms with E-state index >= 15 is 0 Å². The molecule has 1 nitrogen and oxygen atoms in total. The summed E-state index contributed by atoms with van der Waals surface area (Å²) in [6.07, 6.45) is 1.75. The maximum Gasteiger partial charge on any atom is 0.167 e. The van der Waals surface area contributed by atoms with Gasteiger partial charge in [-0.1, -0.05) is 6.07 Å². The van der Waals surface area contributed by atoms with E-state index < -0.39 is 11.6 Å². The van der Waals surface area contributed by atoms with Crippen molar-refractivity contribution in [3.63, 3.8) is 0 Å². The zero-order valence-electron chi connectivity index (χ0n) is 7.92. The fourth-order valence-electron chi connectivity index (χ4n) is 1.50. The molecule has 0 fully saturated rings. The van der Waals surface area contributed by atoms with E-state index in [0.29, 0.717) is 10.3 Å². The normalized spacial score (nSPS) is 10.9. The van der Waals surface area contributed by atoms with Gasteiger partial charge in [0.1, 0.15) is 5.75 Å². The van der Waals surface area contributed by atoms with Crippen LogP contribution in [0, 0.1) is 11.6 Å². The quantitative estimate of drug-likeness (QED) is 0.750. The SMILES string of the molecule is CSc1cc(O)cc2ccc(F)c(F)c12. The number of fused-ring (bicyclic) bond motifs is 1. The van der Waals surface area contributed by atoms with Crippen molar-refractivity contribution in [1.82, 2.24) is 0 Å². The molecule has 0 bridgehead atoms. The van der Waals surface area contributed by atoms with Gasteiger partial charge < -0.3 is 5.11 Å². The summed E-state index contributed by atoms with van der Waals surface area (Å²) in [6, 6.07) is 5.35. The second-order valence-corrected chi connectivity index (χ2v) is 3.96. The third-order valence-corrected chi connectivity index (χ3v) is 2.94. The standard InChI is InChI=1S/C11H8F2OS/c1-15-9-5-7(14)4-6-2-3-8(12)11(13)10(6)9/h2-5,14H,1H3.